The van der Waals surface area contributed by atoms with Gasteiger partial charge in [0.25, 0.3) is 0 Å². The minimum atomic E-state index is -0.288. The van der Waals surface area contributed by atoms with E-state index < -0.39 is 0 Å². The quantitative estimate of drug-likeness (QED) is 0.851. The lowest BCUT2D eigenvalue weighted by atomic mass is 10.0. The summed E-state index contributed by atoms with van der Waals surface area (Å²) in [6, 6.07) is 4.58. The molecule has 0 aliphatic carbocycles. The minimum Gasteiger partial charge on any atom is -0.310 e. The first-order valence-electron chi connectivity index (χ1n) is 6.81. The van der Waals surface area contributed by atoms with Gasteiger partial charge in [-0.2, -0.15) is 5.10 Å². The Hall–Kier alpha value is -0.910. The van der Waals surface area contributed by atoms with Crippen molar-refractivity contribution in [2.75, 3.05) is 6.54 Å². The molecule has 0 saturated carbocycles. The van der Waals surface area contributed by atoms with Crippen LogP contribution in [-0.4, -0.2) is 16.3 Å². The van der Waals surface area contributed by atoms with Crippen LogP contribution in [-0.2, 0) is 13.5 Å². The number of nitrogens with zero attached hydrogens (tertiary/aromatic N) is 2. The lowest BCUT2D eigenvalue weighted by molar-refractivity contribution is 0.496. The zero-order chi connectivity index (χ0) is 15.6. The average molecular weight is 375 g/mol. The van der Waals surface area contributed by atoms with Crippen LogP contribution in [0.4, 0.5) is 4.39 Å². The van der Waals surface area contributed by atoms with Crippen LogP contribution in [0.15, 0.2) is 22.7 Å². The summed E-state index contributed by atoms with van der Waals surface area (Å²) in [4.78, 5) is 0. The molecule has 0 bridgehead atoms. The molecule has 1 atom stereocenters. The van der Waals surface area contributed by atoms with Gasteiger partial charge in [0.05, 0.1) is 15.9 Å². The van der Waals surface area contributed by atoms with Crippen molar-refractivity contribution in [3.63, 3.8) is 0 Å². The standard InChI is InChI=1S/C15H18BrClFN3/c1-4-19-12(14-10(17)6-5-7-11(14)18)8-13-15(16)9(2)20-21(13)3/h5-7,12,19H,4,8H2,1-3H3. The molecule has 1 heterocycles. The molecule has 1 N–H and O–H groups in total. The molecule has 6 heteroatoms. The van der Waals surface area contributed by atoms with E-state index in [1.807, 2.05) is 25.6 Å². The fraction of sp³-hybridized carbons (Fsp3) is 0.400. The summed E-state index contributed by atoms with van der Waals surface area (Å²) in [6.07, 6.45) is 0.604. The molecule has 0 amide bonds. The first-order chi connectivity index (χ1) is 9.95. The molecule has 1 aromatic heterocycles. The number of benzene rings is 1. The zero-order valence-electron chi connectivity index (χ0n) is 12.3. The molecule has 0 fully saturated rings. The van der Waals surface area contributed by atoms with Crippen LogP contribution in [0, 0.1) is 12.7 Å². The smallest absolute Gasteiger partial charge is 0.129 e. The maximum atomic E-state index is 14.2. The number of rotatable bonds is 5. The topological polar surface area (TPSA) is 29.9 Å². The molecular formula is C15H18BrClFN3. The summed E-state index contributed by atoms with van der Waals surface area (Å²) < 4.78 is 17.0. The van der Waals surface area contributed by atoms with Gasteiger partial charge >= 0.3 is 0 Å². The van der Waals surface area contributed by atoms with E-state index in [2.05, 4.69) is 26.3 Å². The lowest BCUT2D eigenvalue weighted by Gasteiger charge is -2.20. The minimum absolute atomic E-state index is 0.199. The molecule has 21 heavy (non-hydrogen) atoms. The van der Waals surface area contributed by atoms with Crippen LogP contribution in [0.25, 0.3) is 0 Å². The third-order valence-electron chi connectivity index (χ3n) is 3.46. The summed E-state index contributed by atoms with van der Waals surface area (Å²) in [5.74, 6) is -0.288. The van der Waals surface area contributed by atoms with Crippen LogP contribution in [0.2, 0.25) is 5.02 Å². The normalized spacial score (nSPS) is 12.7. The van der Waals surface area contributed by atoms with Crippen LogP contribution in [0.3, 0.4) is 0 Å². The van der Waals surface area contributed by atoms with Gasteiger partial charge in [0, 0.05) is 30.1 Å². The predicted molar refractivity (Wildman–Crippen MR) is 87.2 cm³/mol. The molecule has 1 aromatic carbocycles. The Morgan fingerprint density at radius 3 is 2.71 bits per heavy atom. The van der Waals surface area contributed by atoms with Crippen LogP contribution < -0.4 is 5.32 Å². The number of likely N-dealkylation sites (N-methyl/N-ethyl adjacent to an activating group) is 1. The third-order valence-corrected chi connectivity index (χ3v) is 4.82. The van der Waals surface area contributed by atoms with Gasteiger partial charge < -0.3 is 5.32 Å². The van der Waals surface area contributed by atoms with Gasteiger partial charge in [-0.1, -0.05) is 24.6 Å². The summed E-state index contributed by atoms with van der Waals surface area (Å²) in [5, 5.41) is 8.12. The van der Waals surface area contributed by atoms with E-state index in [-0.39, 0.29) is 11.9 Å². The van der Waals surface area contributed by atoms with Crippen molar-refractivity contribution in [2.24, 2.45) is 7.05 Å². The van der Waals surface area contributed by atoms with Gasteiger partial charge in [-0.3, -0.25) is 4.68 Å². The number of hydrogen-bond acceptors (Lipinski definition) is 2. The molecule has 0 radical (unpaired) electrons. The maximum absolute atomic E-state index is 14.2. The highest BCUT2D eigenvalue weighted by Crippen LogP contribution is 2.31. The zero-order valence-corrected chi connectivity index (χ0v) is 14.6. The molecule has 0 saturated heterocycles. The van der Waals surface area contributed by atoms with E-state index >= 15 is 0 Å². The van der Waals surface area contributed by atoms with Crippen molar-refractivity contribution >= 4 is 27.5 Å². The van der Waals surface area contributed by atoms with E-state index in [4.69, 9.17) is 11.6 Å². The molecule has 1 unspecified atom stereocenters. The van der Waals surface area contributed by atoms with Gasteiger partial charge in [-0.05, 0) is 41.5 Å². The highest BCUT2D eigenvalue weighted by atomic mass is 79.9. The van der Waals surface area contributed by atoms with E-state index in [1.165, 1.54) is 6.07 Å². The van der Waals surface area contributed by atoms with Crippen molar-refractivity contribution in [2.45, 2.75) is 26.3 Å². The molecule has 0 aliphatic rings. The molecular weight excluding hydrogens is 357 g/mol. The molecule has 114 valence electrons. The predicted octanol–water partition coefficient (Wildman–Crippen LogP) is 4.18. The van der Waals surface area contributed by atoms with Crippen molar-refractivity contribution < 1.29 is 4.39 Å². The molecule has 2 aromatic rings. The van der Waals surface area contributed by atoms with Crippen LogP contribution in [0.5, 0.6) is 0 Å². The summed E-state index contributed by atoms with van der Waals surface area (Å²) in [5.41, 5.74) is 2.44. The van der Waals surface area contributed by atoms with Gasteiger partial charge in [0.15, 0.2) is 0 Å². The van der Waals surface area contributed by atoms with E-state index in [0.29, 0.717) is 17.0 Å². The number of hydrogen-bond donors (Lipinski definition) is 1. The third kappa shape index (κ3) is 3.47. The Morgan fingerprint density at radius 2 is 2.19 bits per heavy atom. The fourth-order valence-electron chi connectivity index (χ4n) is 2.46. The lowest BCUT2D eigenvalue weighted by Crippen LogP contribution is -2.25. The number of aromatic nitrogens is 2. The Balaban J connectivity index is 2.40. The summed E-state index contributed by atoms with van der Waals surface area (Å²) in [6.45, 7) is 4.65. The maximum Gasteiger partial charge on any atom is 0.129 e. The summed E-state index contributed by atoms with van der Waals surface area (Å²) in [7, 11) is 1.89. The van der Waals surface area contributed by atoms with Gasteiger partial charge in [-0.25, -0.2) is 4.39 Å². The van der Waals surface area contributed by atoms with Crippen LogP contribution >= 0.6 is 27.5 Å². The second-order valence-corrected chi connectivity index (χ2v) is 6.12. The second-order valence-electron chi connectivity index (χ2n) is 4.92. The van der Waals surface area contributed by atoms with Crippen molar-refractivity contribution in [3.05, 3.63) is 50.5 Å². The molecule has 0 spiro atoms. The SMILES string of the molecule is CCNC(Cc1c(Br)c(C)nn1C)c1c(F)cccc1Cl. The number of nitrogens with one attached hydrogen (secondary N) is 1. The van der Waals surface area contributed by atoms with Gasteiger partial charge in [-0.15, -0.1) is 0 Å². The van der Waals surface area contributed by atoms with Gasteiger partial charge in [0.1, 0.15) is 5.82 Å². The number of aryl methyl sites for hydroxylation is 2. The van der Waals surface area contributed by atoms with Gasteiger partial charge in [0.2, 0.25) is 0 Å². The molecule has 2 rings (SSSR count). The van der Waals surface area contributed by atoms with E-state index in [9.17, 15) is 4.39 Å². The van der Waals surface area contributed by atoms with Crippen molar-refractivity contribution in [1.82, 2.24) is 15.1 Å². The molecule has 0 aliphatic heterocycles. The Labute approximate surface area is 137 Å². The molecule has 3 nitrogen and oxygen atoms in total. The van der Waals surface area contributed by atoms with E-state index in [1.54, 1.807) is 12.1 Å². The fourth-order valence-corrected chi connectivity index (χ4v) is 3.25. The highest BCUT2D eigenvalue weighted by Gasteiger charge is 2.22. The Morgan fingerprint density at radius 1 is 1.48 bits per heavy atom. The first-order valence-corrected chi connectivity index (χ1v) is 7.98. The largest absolute Gasteiger partial charge is 0.310 e. The second kappa shape index (κ2) is 6.90. The number of halogens is 3. The van der Waals surface area contributed by atoms with E-state index in [0.717, 1.165) is 22.4 Å². The van der Waals surface area contributed by atoms with Crippen molar-refractivity contribution in [1.29, 1.82) is 0 Å². The van der Waals surface area contributed by atoms with Crippen LogP contribution in [0.1, 0.15) is 29.9 Å². The summed E-state index contributed by atoms with van der Waals surface area (Å²) >= 11 is 9.75. The average Bonchev–Trinajstić information content (AvgIpc) is 2.65. The Bertz CT molecular complexity index is 622. The first kappa shape index (κ1) is 16.5. The monoisotopic (exact) mass is 373 g/mol. The highest BCUT2D eigenvalue weighted by molar-refractivity contribution is 9.10. The van der Waals surface area contributed by atoms with Crippen molar-refractivity contribution in [3.8, 4) is 0 Å². The Kier molecular flexibility index (Phi) is 5.41.